The van der Waals surface area contributed by atoms with Crippen molar-refractivity contribution in [3.05, 3.63) is 0 Å². The summed E-state index contributed by atoms with van der Waals surface area (Å²) in [6.45, 7) is 6.87. The Morgan fingerprint density at radius 3 is 2.71 bits per heavy atom. The first-order valence-electron chi connectivity index (χ1n) is 6.58. The first-order chi connectivity index (χ1) is 8.04. The first kappa shape index (κ1) is 14.8. The second-order valence-electron chi connectivity index (χ2n) is 5.08. The van der Waals surface area contributed by atoms with E-state index in [0.29, 0.717) is 17.6 Å². The van der Waals surface area contributed by atoms with Crippen LogP contribution in [0.25, 0.3) is 0 Å². The van der Waals surface area contributed by atoms with Crippen LogP contribution in [0.15, 0.2) is 0 Å². The molecule has 1 aliphatic carbocycles. The molecular weight excluding hydrogens is 234 g/mol. The van der Waals surface area contributed by atoms with Crippen molar-refractivity contribution in [2.45, 2.75) is 51.3 Å². The minimum absolute atomic E-state index is 0.266. The van der Waals surface area contributed by atoms with Crippen LogP contribution in [0, 0.1) is 11.8 Å². The third kappa shape index (κ3) is 4.88. The van der Waals surface area contributed by atoms with Gasteiger partial charge in [0.1, 0.15) is 6.04 Å². The summed E-state index contributed by atoms with van der Waals surface area (Å²) in [6, 6.07) is -0.463. The predicted octanol–water partition coefficient (Wildman–Crippen LogP) is 2.43. The molecule has 0 amide bonds. The van der Waals surface area contributed by atoms with Gasteiger partial charge in [-0.2, -0.15) is 11.8 Å². The van der Waals surface area contributed by atoms with E-state index in [1.54, 1.807) is 0 Å². The zero-order chi connectivity index (χ0) is 12.8. The van der Waals surface area contributed by atoms with Gasteiger partial charge in [0.2, 0.25) is 0 Å². The first-order valence-corrected chi connectivity index (χ1v) is 7.63. The Kier molecular flexibility index (Phi) is 6.34. The van der Waals surface area contributed by atoms with Crippen LogP contribution in [0.3, 0.4) is 0 Å². The van der Waals surface area contributed by atoms with Crippen LogP contribution in [0.1, 0.15) is 40.0 Å². The molecule has 0 aromatic rings. The van der Waals surface area contributed by atoms with Crippen molar-refractivity contribution in [1.29, 1.82) is 0 Å². The Bertz CT molecular complexity index is 248. The monoisotopic (exact) mass is 259 g/mol. The van der Waals surface area contributed by atoms with Crippen LogP contribution < -0.4 is 5.73 Å². The molecule has 4 heteroatoms. The van der Waals surface area contributed by atoms with Gasteiger partial charge in [0.25, 0.3) is 0 Å². The molecule has 4 atom stereocenters. The number of ether oxygens (including phenoxy) is 1. The van der Waals surface area contributed by atoms with E-state index in [-0.39, 0.29) is 5.97 Å². The number of carbonyl (C=O) groups is 1. The average molecular weight is 259 g/mol. The summed E-state index contributed by atoms with van der Waals surface area (Å²) in [6.07, 6.45) is 3.81. The normalized spacial score (nSPS) is 30.9. The van der Waals surface area contributed by atoms with Crippen LogP contribution in [0.5, 0.6) is 0 Å². The topological polar surface area (TPSA) is 52.3 Å². The highest BCUT2D eigenvalue weighted by molar-refractivity contribution is 7.99. The van der Waals surface area contributed by atoms with Gasteiger partial charge >= 0.3 is 5.97 Å². The molecule has 1 fully saturated rings. The highest BCUT2D eigenvalue weighted by Crippen LogP contribution is 2.35. The van der Waals surface area contributed by atoms with Gasteiger partial charge < -0.3 is 10.5 Å². The molecule has 1 rings (SSSR count). The number of rotatable bonds is 5. The van der Waals surface area contributed by atoms with E-state index in [9.17, 15) is 4.79 Å². The van der Waals surface area contributed by atoms with Gasteiger partial charge in [0, 0.05) is 11.0 Å². The highest BCUT2D eigenvalue weighted by atomic mass is 32.2. The zero-order valence-corrected chi connectivity index (χ0v) is 12.0. The zero-order valence-electron chi connectivity index (χ0n) is 11.1. The van der Waals surface area contributed by atoms with E-state index in [0.717, 1.165) is 11.8 Å². The molecular formula is C13H25NO2S. The summed E-state index contributed by atoms with van der Waals surface area (Å²) in [4.78, 5) is 11.4. The molecule has 4 unspecified atom stereocenters. The lowest BCUT2D eigenvalue weighted by molar-refractivity contribution is -0.144. The molecule has 0 bridgehead atoms. The van der Waals surface area contributed by atoms with Crippen molar-refractivity contribution in [2.24, 2.45) is 17.6 Å². The van der Waals surface area contributed by atoms with E-state index >= 15 is 0 Å². The van der Waals surface area contributed by atoms with Gasteiger partial charge in [-0.15, -0.1) is 0 Å². The second-order valence-corrected chi connectivity index (χ2v) is 6.41. The van der Waals surface area contributed by atoms with Crippen molar-refractivity contribution >= 4 is 17.7 Å². The van der Waals surface area contributed by atoms with E-state index < -0.39 is 6.04 Å². The molecule has 0 saturated heterocycles. The van der Waals surface area contributed by atoms with E-state index in [1.807, 2.05) is 18.7 Å². The maximum absolute atomic E-state index is 11.4. The van der Waals surface area contributed by atoms with Crippen molar-refractivity contribution in [2.75, 3.05) is 12.4 Å². The van der Waals surface area contributed by atoms with Crippen molar-refractivity contribution < 1.29 is 9.53 Å². The molecule has 2 N–H and O–H groups in total. The third-order valence-electron chi connectivity index (χ3n) is 3.65. The van der Waals surface area contributed by atoms with Crippen LogP contribution >= 0.6 is 11.8 Å². The number of nitrogens with two attached hydrogens (primary N) is 1. The second kappa shape index (κ2) is 7.27. The van der Waals surface area contributed by atoms with Gasteiger partial charge in [-0.1, -0.05) is 13.8 Å². The fraction of sp³-hybridized carbons (Fsp3) is 0.923. The van der Waals surface area contributed by atoms with Gasteiger partial charge in [-0.05, 0) is 38.0 Å². The highest BCUT2D eigenvalue weighted by Gasteiger charge is 2.26. The summed E-state index contributed by atoms with van der Waals surface area (Å²) in [7, 11) is 0. The molecule has 1 aliphatic rings. The maximum Gasteiger partial charge on any atom is 0.323 e. The molecule has 17 heavy (non-hydrogen) atoms. The molecule has 0 aromatic carbocycles. The number of esters is 1. The van der Waals surface area contributed by atoms with E-state index in [4.69, 9.17) is 10.5 Å². The van der Waals surface area contributed by atoms with E-state index in [2.05, 4.69) is 13.8 Å². The van der Waals surface area contributed by atoms with Crippen molar-refractivity contribution in [3.63, 3.8) is 0 Å². The van der Waals surface area contributed by atoms with Crippen LogP contribution in [-0.2, 0) is 9.53 Å². The minimum Gasteiger partial charge on any atom is -0.465 e. The Labute approximate surface area is 109 Å². The molecule has 3 nitrogen and oxygen atoms in total. The standard InChI is InChI=1S/C13H25NO2S/c1-4-16-13(15)12(14)8-17-11-6-5-9(2)10(3)7-11/h9-12H,4-8,14H2,1-3H3. The fourth-order valence-electron chi connectivity index (χ4n) is 2.21. The molecule has 0 radical (unpaired) electrons. The van der Waals surface area contributed by atoms with Gasteiger partial charge in [0.15, 0.2) is 0 Å². The summed E-state index contributed by atoms with van der Waals surface area (Å²) < 4.78 is 4.90. The molecule has 100 valence electrons. The van der Waals surface area contributed by atoms with Gasteiger partial charge in [-0.25, -0.2) is 0 Å². The SMILES string of the molecule is CCOC(=O)C(N)CSC1CCC(C)C(C)C1. The Morgan fingerprint density at radius 2 is 2.12 bits per heavy atom. The number of hydrogen-bond acceptors (Lipinski definition) is 4. The summed E-state index contributed by atoms with van der Waals surface area (Å²) >= 11 is 1.84. The van der Waals surface area contributed by atoms with Crippen LogP contribution in [0.2, 0.25) is 0 Å². The summed E-state index contributed by atoms with van der Waals surface area (Å²) in [5, 5.41) is 0.668. The molecule has 0 spiro atoms. The fourth-order valence-corrected chi connectivity index (χ4v) is 3.56. The maximum atomic E-state index is 11.4. The lowest BCUT2D eigenvalue weighted by Crippen LogP contribution is -2.35. The minimum atomic E-state index is -0.463. The van der Waals surface area contributed by atoms with Crippen molar-refractivity contribution in [1.82, 2.24) is 0 Å². The third-order valence-corrected chi connectivity index (χ3v) is 5.10. The smallest absolute Gasteiger partial charge is 0.323 e. The van der Waals surface area contributed by atoms with Gasteiger partial charge in [-0.3, -0.25) is 4.79 Å². The molecule has 0 heterocycles. The molecule has 1 saturated carbocycles. The summed E-state index contributed by atoms with van der Waals surface area (Å²) in [5.41, 5.74) is 5.79. The Hall–Kier alpha value is -0.220. The van der Waals surface area contributed by atoms with Gasteiger partial charge in [0.05, 0.1) is 6.61 Å². The largest absolute Gasteiger partial charge is 0.465 e. The van der Waals surface area contributed by atoms with E-state index in [1.165, 1.54) is 19.3 Å². The predicted molar refractivity (Wildman–Crippen MR) is 73.0 cm³/mol. The molecule has 0 aromatic heterocycles. The number of thioether (sulfide) groups is 1. The van der Waals surface area contributed by atoms with Crippen LogP contribution in [0.4, 0.5) is 0 Å². The quantitative estimate of drug-likeness (QED) is 0.770. The number of carbonyl (C=O) groups excluding carboxylic acids is 1. The Morgan fingerprint density at radius 1 is 1.41 bits per heavy atom. The van der Waals surface area contributed by atoms with Crippen molar-refractivity contribution in [3.8, 4) is 0 Å². The molecule has 0 aliphatic heterocycles. The average Bonchev–Trinajstić information content (AvgIpc) is 2.30. The Balaban J connectivity index is 2.24. The number of hydrogen-bond donors (Lipinski definition) is 1. The lowest BCUT2D eigenvalue weighted by Gasteiger charge is -2.32. The lowest BCUT2D eigenvalue weighted by atomic mass is 9.81. The van der Waals surface area contributed by atoms with Crippen LogP contribution in [-0.4, -0.2) is 29.6 Å². The summed E-state index contributed by atoms with van der Waals surface area (Å²) in [5.74, 6) is 2.05.